The average Bonchev–Trinajstić information content (AvgIpc) is 2.64. The van der Waals surface area contributed by atoms with Gasteiger partial charge in [0.25, 0.3) is 0 Å². The molecule has 0 saturated heterocycles. The largest absolute Gasteiger partial charge is 0.0914 e. The van der Waals surface area contributed by atoms with E-state index in [0.29, 0.717) is 0 Å². The molecule has 0 amide bonds. The van der Waals surface area contributed by atoms with Crippen molar-refractivity contribution in [1.82, 2.24) is 0 Å². The molecule has 90 valence electrons. The maximum absolute atomic E-state index is 3.53. The van der Waals surface area contributed by atoms with Crippen molar-refractivity contribution in [1.29, 1.82) is 0 Å². The van der Waals surface area contributed by atoms with Gasteiger partial charge in [-0.1, -0.05) is 42.4 Å². The standard InChI is InChI=1S/C17H22/c1-13-11-14(2)16(15(3)12-13)7-10-17(4)8-5-6-9-17/h11-12H,5-6,8-9H2,1-4H3. The summed E-state index contributed by atoms with van der Waals surface area (Å²) in [6, 6.07) is 4.46. The summed E-state index contributed by atoms with van der Waals surface area (Å²) in [4.78, 5) is 0. The first-order valence-corrected chi connectivity index (χ1v) is 6.61. The van der Waals surface area contributed by atoms with Crippen molar-refractivity contribution >= 4 is 0 Å². The molecule has 0 radical (unpaired) electrons. The van der Waals surface area contributed by atoms with Crippen molar-refractivity contribution in [3.05, 3.63) is 34.4 Å². The van der Waals surface area contributed by atoms with Crippen molar-refractivity contribution in [2.24, 2.45) is 5.41 Å². The quantitative estimate of drug-likeness (QED) is 0.570. The molecule has 1 saturated carbocycles. The zero-order valence-corrected chi connectivity index (χ0v) is 11.5. The van der Waals surface area contributed by atoms with Crippen LogP contribution >= 0.6 is 0 Å². The highest BCUT2D eigenvalue weighted by molar-refractivity contribution is 5.48. The van der Waals surface area contributed by atoms with Crippen LogP contribution in [0.25, 0.3) is 0 Å². The maximum Gasteiger partial charge on any atom is 0.0304 e. The van der Waals surface area contributed by atoms with Gasteiger partial charge >= 0.3 is 0 Å². The number of aryl methyl sites for hydroxylation is 3. The smallest absolute Gasteiger partial charge is 0.0304 e. The first kappa shape index (κ1) is 12.2. The van der Waals surface area contributed by atoms with E-state index in [-0.39, 0.29) is 5.41 Å². The van der Waals surface area contributed by atoms with E-state index in [0.717, 1.165) is 0 Å². The molecule has 1 aliphatic rings. The second kappa shape index (κ2) is 4.57. The van der Waals surface area contributed by atoms with Crippen molar-refractivity contribution in [3.63, 3.8) is 0 Å². The zero-order valence-electron chi connectivity index (χ0n) is 11.5. The van der Waals surface area contributed by atoms with Crippen LogP contribution in [0.1, 0.15) is 54.9 Å². The van der Waals surface area contributed by atoms with Crippen molar-refractivity contribution < 1.29 is 0 Å². The monoisotopic (exact) mass is 226 g/mol. The van der Waals surface area contributed by atoms with Crippen molar-refractivity contribution in [2.45, 2.75) is 53.4 Å². The SMILES string of the molecule is Cc1cc(C)c(C#CC2(C)CCCC2)c(C)c1. The van der Waals surface area contributed by atoms with Crippen LogP contribution in [0.4, 0.5) is 0 Å². The van der Waals surface area contributed by atoms with E-state index in [4.69, 9.17) is 0 Å². The van der Waals surface area contributed by atoms with E-state index in [1.54, 1.807) is 0 Å². The zero-order chi connectivity index (χ0) is 12.5. The molecule has 0 aliphatic heterocycles. The Kier molecular flexibility index (Phi) is 3.29. The molecular weight excluding hydrogens is 204 g/mol. The minimum atomic E-state index is 0.268. The van der Waals surface area contributed by atoms with Crippen molar-refractivity contribution in [3.8, 4) is 11.8 Å². The fourth-order valence-corrected chi connectivity index (χ4v) is 2.87. The van der Waals surface area contributed by atoms with Gasteiger partial charge < -0.3 is 0 Å². The number of rotatable bonds is 0. The first-order valence-electron chi connectivity index (χ1n) is 6.61. The first-order chi connectivity index (χ1) is 8.00. The molecule has 1 fully saturated rings. The van der Waals surface area contributed by atoms with Crippen LogP contribution in [-0.4, -0.2) is 0 Å². The molecule has 0 N–H and O–H groups in total. The average molecular weight is 226 g/mol. The molecule has 1 aromatic carbocycles. The Balaban J connectivity index is 2.33. The summed E-state index contributed by atoms with van der Waals surface area (Å²) in [6.07, 6.45) is 5.22. The highest BCUT2D eigenvalue weighted by Crippen LogP contribution is 2.36. The van der Waals surface area contributed by atoms with Gasteiger partial charge in [-0.25, -0.2) is 0 Å². The molecular formula is C17H22. The van der Waals surface area contributed by atoms with Crippen LogP contribution in [0.2, 0.25) is 0 Å². The highest BCUT2D eigenvalue weighted by Gasteiger charge is 2.26. The second-order valence-corrected chi connectivity index (χ2v) is 5.79. The maximum atomic E-state index is 3.53. The van der Waals surface area contributed by atoms with Gasteiger partial charge in [-0.05, 0) is 51.7 Å². The normalized spacial score (nSPS) is 17.6. The predicted octanol–water partition coefficient (Wildman–Crippen LogP) is 4.54. The van der Waals surface area contributed by atoms with E-state index < -0.39 is 0 Å². The molecule has 0 heteroatoms. The van der Waals surface area contributed by atoms with Crippen LogP contribution < -0.4 is 0 Å². The van der Waals surface area contributed by atoms with Crippen LogP contribution in [0.3, 0.4) is 0 Å². The van der Waals surface area contributed by atoms with Crippen LogP contribution in [0, 0.1) is 38.0 Å². The molecule has 0 nitrogen and oxygen atoms in total. The Hall–Kier alpha value is -1.22. The number of benzene rings is 1. The molecule has 2 rings (SSSR count). The third-order valence-electron chi connectivity index (χ3n) is 3.87. The molecule has 0 aromatic heterocycles. The van der Waals surface area contributed by atoms with Crippen LogP contribution in [0.15, 0.2) is 12.1 Å². The number of hydrogen-bond donors (Lipinski definition) is 0. The van der Waals surface area contributed by atoms with Gasteiger partial charge in [-0.2, -0.15) is 0 Å². The van der Waals surface area contributed by atoms with E-state index in [2.05, 4.69) is 51.7 Å². The molecule has 0 spiro atoms. The Morgan fingerprint density at radius 2 is 1.53 bits per heavy atom. The summed E-state index contributed by atoms with van der Waals surface area (Å²) < 4.78 is 0. The summed E-state index contributed by atoms with van der Waals surface area (Å²) in [5, 5.41) is 0. The molecule has 0 bridgehead atoms. The lowest BCUT2D eigenvalue weighted by Gasteiger charge is -2.14. The third-order valence-corrected chi connectivity index (χ3v) is 3.87. The summed E-state index contributed by atoms with van der Waals surface area (Å²) in [5.74, 6) is 6.97. The van der Waals surface area contributed by atoms with Crippen LogP contribution in [-0.2, 0) is 0 Å². The van der Waals surface area contributed by atoms with Gasteiger partial charge in [-0.3, -0.25) is 0 Å². The topological polar surface area (TPSA) is 0 Å². The van der Waals surface area contributed by atoms with Gasteiger partial charge in [0.05, 0.1) is 0 Å². The van der Waals surface area contributed by atoms with Crippen LogP contribution in [0.5, 0.6) is 0 Å². The summed E-state index contributed by atoms with van der Waals surface area (Å²) >= 11 is 0. The summed E-state index contributed by atoms with van der Waals surface area (Å²) in [6.45, 7) is 8.79. The lowest BCUT2D eigenvalue weighted by Crippen LogP contribution is -2.06. The summed E-state index contributed by atoms with van der Waals surface area (Å²) in [5.41, 5.74) is 5.47. The molecule has 17 heavy (non-hydrogen) atoms. The van der Waals surface area contributed by atoms with E-state index in [1.165, 1.54) is 47.9 Å². The molecule has 0 unspecified atom stereocenters. The van der Waals surface area contributed by atoms with Gasteiger partial charge in [0.15, 0.2) is 0 Å². The Bertz CT molecular complexity index is 453. The minimum Gasteiger partial charge on any atom is -0.0914 e. The number of hydrogen-bond acceptors (Lipinski definition) is 0. The highest BCUT2D eigenvalue weighted by atomic mass is 14.3. The van der Waals surface area contributed by atoms with Crippen molar-refractivity contribution in [2.75, 3.05) is 0 Å². The fourth-order valence-electron chi connectivity index (χ4n) is 2.87. The Labute approximate surface area is 105 Å². The van der Waals surface area contributed by atoms with Gasteiger partial charge in [0.1, 0.15) is 0 Å². The fraction of sp³-hybridized carbons (Fsp3) is 0.529. The van der Waals surface area contributed by atoms with Gasteiger partial charge in [0, 0.05) is 11.0 Å². The molecule has 0 atom stereocenters. The lowest BCUT2D eigenvalue weighted by atomic mass is 9.89. The Morgan fingerprint density at radius 3 is 2.06 bits per heavy atom. The second-order valence-electron chi connectivity index (χ2n) is 5.79. The molecule has 1 aromatic rings. The molecule has 1 aliphatic carbocycles. The minimum absolute atomic E-state index is 0.268. The lowest BCUT2D eigenvalue weighted by molar-refractivity contribution is 0.469. The van der Waals surface area contributed by atoms with E-state index >= 15 is 0 Å². The van der Waals surface area contributed by atoms with E-state index in [9.17, 15) is 0 Å². The Morgan fingerprint density at radius 1 is 1.00 bits per heavy atom. The molecule has 0 heterocycles. The van der Waals surface area contributed by atoms with Gasteiger partial charge in [-0.15, -0.1) is 0 Å². The third kappa shape index (κ3) is 2.72. The predicted molar refractivity (Wildman–Crippen MR) is 74.1 cm³/mol. The van der Waals surface area contributed by atoms with Gasteiger partial charge in [0.2, 0.25) is 0 Å². The van der Waals surface area contributed by atoms with E-state index in [1.807, 2.05) is 0 Å². The summed E-state index contributed by atoms with van der Waals surface area (Å²) in [7, 11) is 0.